The molecule has 1 aromatic heterocycles. The van der Waals surface area contributed by atoms with E-state index in [0.717, 1.165) is 16.9 Å². The van der Waals surface area contributed by atoms with Gasteiger partial charge in [-0.3, -0.25) is 4.79 Å². The molecule has 4 nitrogen and oxygen atoms in total. The first-order valence-electron chi connectivity index (χ1n) is 6.99. The third-order valence-corrected chi connectivity index (χ3v) is 5.14. The third kappa shape index (κ3) is 3.81. The van der Waals surface area contributed by atoms with Gasteiger partial charge in [0.05, 0.1) is 29.5 Å². The number of rotatable bonds is 6. The molecule has 2 unspecified atom stereocenters. The summed E-state index contributed by atoms with van der Waals surface area (Å²) < 4.78 is 6.58. The first-order valence-corrected chi connectivity index (χ1v) is 8.60. The molecule has 6 heteroatoms. The molecule has 2 heterocycles. The smallest absolute Gasteiger partial charge is 0.230 e. The number of nitrogens with zero attached hydrogens (tertiary/aromatic N) is 1. The molecule has 1 amide bonds. The van der Waals surface area contributed by atoms with E-state index in [1.165, 1.54) is 4.88 Å². The van der Waals surface area contributed by atoms with Crippen molar-refractivity contribution in [2.75, 3.05) is 26.3 Å². The number of carbonyl (C=O) groups is 1. The monoisotopic (exact) mass is 360 g/mol. The molecule has 0 aliphatic carbocycles. The zero-order valence-corrected chi connectivity index (χ0v) is 14.3. The van der Waals surface area contributed by atoms with Gasteiger partial charge in [-0.1, -0.05) is 6.92 Å². The van der Waals surface area contributed by atoms with Crippen LogP contribution in [0.1, 0.15) is 18.7 Å². The Labute approximate surface area is 132 Å². The molecular weight excluding hydrogens is 340 g/mol. The molecule has 0 spiro atoms. The van der Waals surface area contributed by atoms with Gasteiger partial charge in [0.1, 0.15) is 0 Å². The topological polar surface area (TPSA) is 41.6 Å². The summed E-state index contributed by atoms with van der Waals surface area (Å²) in [5, 5.41) is 3.35. The van der Waals surface area contributed by atoms with Crippen molar-refractivity contribution in [2.45, 2.75) is 26.4 Å². The van der Waals surface area contributed by atoms with Gasteiger partial charge in [0.25, 0.3) is 0 Å². The summed E-state index contributed by atoms with van der Waals surface area (Å²) in [7, 11) is 0. The van der Waals surface area contributed by atoms with E-state index in [0.29, 0.717) is 19.8 Å². The summed E-state index contributed by atoms with van der Waals surface area (Å²) in [5.74, 6) is 0.138. The standard InChI is InChI=1S/C14H21BrN2O2S/c1-3-16-12-9-19-8-11(12)14(18)17(4-2)7-10-5-6-13(15)20-10/h5-6,11-12,16H,3-4,7-9H2,1-2H3. The summed E-state index contributed by atoms with van der Waals surface area (Å²) in [5.41, 5.74) is 0. The minimum atomic E-state index is -0.0571. The van der Waals surface area contributed by atoms with Crippen LogP contribution in [0.2, 0.25) is 0 Å². The SMILES string of the molecule is CCNC1COCC1C(=O)N(CC)Cc1ccc(Br)s1. The van der Waals surface area contributed by atoms with Gasteiger partial charge in [-0.25, -0.2) is 0 Å². The zero-order valence-electron chi connectivity index (χ0n) is 11.9. The number of ether oxygens (including phenoxy) is 1. The van der Waals surface area contributed by atoms with Crippen LogP contribution in [0.15, 0.2) is 15.9 Å². The number of amides is 1. The summed E-state index contributed by atoms with van der Waals surface area (Å²) >= 11 is 5.14. The number of hydrogen-bond donors (Lipinski definition) is 1. The Morgan fingerprint density at radius 2 is 2.30 bits per heavy atom. The van der Waals surface area contributed by atoms with Gasteiger partial charge in [-0.2, -0.15) is 0 Å². The van der Waals surface area contributed by atoms with Crippen molar-refractivity contribution >= 4 is 33.2 Å². The predicted molar refractivity (Wildman–Crippen MR) is 84.9 cm³/mol. The maximum atomic E-state index is 12.7. The van der Waals surface area contributed by atoms with Crippen molar-refractivity contribution in [1.82, 2.24) is 10.2 Å². The van der Waals surface area contributed by atoms with Gasteiger partial charge in [0.2, 0.25) is 5.91 Å². The van der Waals surface area contributed by atoms with E-state index in [-0.39, 0.29) is 17.9 Å². The van der Waals surface area contributed by atoms with Crippen LogP contribution in [0.25, 0.3) is 0 Å². The first kappa shape index (κ1) is 15.9. The van der Waals surface area contributed by atoms with Gasteiger partial charge in [0, 0.05) is 17.5 Å². The number of hydrogen-bond acceptors (Lipinski definition) is 4. The second-order valence-corrected chi connectivity index (χ2v) is 7.41. The van der Waals surface area contributed by atoms with Crippen molar-refractivity contribution < 1.29 is 9.53 Å². The van der Waals surface area contributed by atoms with E-state index < -0.39 is 0 Å². The zero-order chi connectivity index (χ0) is 14.5. The molecule has 2 rings (SSSR count). The Kier molecular flexibility index (Phi) is 6.01. The Hall–Kier alpha value is -0.430. The molecule has 0 radical (unpaired) electrons. The van der Waals surface area contributed by atoms with E-state index in [9.17, 15) is 4.79 Å². The van der Waals surface area contributed by atoms with Crippen LogP contribution in [0.5, 0.6) is 0 Å². The molecule has 20 heavy (non-hydrogen) atoms. The minimum Gasteiger partial charge on any atom is -0.379 e. The van der Waals surface area contributed by atoms with Gasteiger partial charge < -0.3 is 15.0 Å². The summed E-state index contributed by atoms with van der Waals surface area (Å²) in [6, 6.07) is 4.24. The lowest BCUT2D eigenvalue weighted by Crippen LogP contribution is -2.45. The summed E-state index contributed by atoms with van der Waals surface area (Å²) in [6.45, 7) is 7.51. The van der Waals surface area contributed by atoms with E-state index in [2.05, 4.69) is 34.2 Å². The molecule has 2 atom stereocenters. The molecule has 1 fully saturated rings. The molecule has 1 aliphatic heterocycles. The average Bonchev–Trinajstić information content (AvgIpc) is 3.05. The number of thiophene rings is 1. The Morgan fingerprint density at radius 3 is 2.90 bits per heavy atom. The second kappa shape index (κ2) is 7.54. The quantitative estimate of drug-likeness (QED) is 0.847. The van der Waals surface area contributed by atoms with E-state index in [1.807, 2.05) is 17.9 Å². The van der Waals surface area contributed by atoms with Gasteiger partial charge in [0.15, 0.2) is 0 Å². The normalized spacial score (nSPS) is 22.1. The summed E-state index contributed by atoms with van der Waals surface area (Å²) in [6.07, 6.45) is 0. The molecular formula is C14H21BrN2O2S. The van der Waals surface area contributed by atoms with Crippen LogP contribution >= 0.6 is 27.3 Å². The Balaban J connectivity index is 2.01. The molecule has 0 bridgehead atoms. The van der Waals surface area contributed by atoms with Crippen LogP contribution in [-0.4, -0.2) is 43.2 Å². The molecule has 0 aromatic carbocycles. The lowest BCUT2D eigenvalue weighted by Gasteiger charge is -2.26. The molecule has 1 aromatic rings. The highest BCUT2D eigenvalue weighted by molar-refractivity contribution is 9.11. The lowest BCUT2D eigenvalue weighted by molar-refractivity contribution is -0.136. The lowest BCUT2D eigenvalue weighted by atomic mass is 10.0. The van der Waals surface area contributed by atoms with Crippen molar-refractivity contribution in [3.05, 3.63) is 20.8 Å². The van der Waals surface area contributed by atoms with Crippen LogP contribution in [0.4, 0.5) is 0 Å². The molecule has 1 N–H and O–H groups in total. The fourth-order valence-electron chi connectivity index (χ4n) is 2.47. The fourth-order valence-corrected chi connectivity index (χ4v) is 3.96. The van der Waals surface area contributed by atoms with Gasteiger partial charge >= 0.3 is 0 Å². The molecule has 1 aliphatic rings. The third-order valence-electron chi connectivity index (χ3n) is 3.53. The average molecular weight is 361 g/mol. The van der Waals surface area contributed by atoms with Crippen molar-refractivity contribution in [1.29, 1.82) is 0 Å². The van der Waals surface area contributed by atoms with Crippen molar-refractivity contribution in [3.8, 4) is 0 Å². The Morgan fingerprint density at radius 1 is 1.50 bits per heavy atom. The van der Waals surface area contributed by atoms with Gasteiger partial charge in [-0.05, 0) is 41.5 Å². The molecule has 0 saturated carbocycles. The van der Waals surface area contributed by atoms with Gasteiger partial charge in [-0.15, -0.1) is 11.3 Å². The predicted octanol–water partition coefficient (Wildman–Crippen LogP) is 2.48. The highest BCUT2D eigenvalue weighted by atomic mass is 79.9. The van der Waals surface area contributed by atoms with E-state index in [1.54, 1.807) is 11.3 Å². The number of halogens is 1. The second-order valence-electron chi connectivity index (χ2n) is 4.87. The van der Waals surface area contributed by atoms with Crippen LogP contribution in [0.3, 0.4) is 0 Å². The minimum absolute atomic E-state index is 0.0571. The highest BCUT2D eigenvalue weighted by Crippen LogP contribution is 2.24. The van der Waals surface area contributed by atoms with Crippen LogP contribution < -0.4 is 5.32 Å². The van der Waals surface area contributed by atoms with Crippen molar-refractivity contribution in [3.63, 3.8) is 0 Å². The highest BCUT2D eigenvalue weighted by Gasteiger charge is 2.35. The maximum Gasteiger partial charge on any atom is 0.230 e. The van der Waals surface area contributed by atoms with E-state index in [4.69, 9.17) is 4.74 Å². The van der Waals surface area contributed by atoms with E-state index >= 15 is 0 Å². The fraction of sp³-hybridized carbons (Fsp3) is 0.643. The summed E-state index contributed by atoms with van der Waals surface area (Å²) in [4.78, 5) is 15.8. The Bertz CT molecular complexity index is 452. The van der Waals surface area contributed by atoms with Crippen molar-refractivity contribution in [2.24, 2.45) is 5.92 Å². The van der Waals surface area contributed by atoms with Crippen LogP contribution in [0, 0.1) is 5.92 Å². The molecule has 1 saturated heterocycles. The number of likely N-dealkylation sites (N-methyl/N-ethyl adjacent to an activating group) is 1. The maximum absolute atomic E-state index is 12.7. The first-order chi connectivity index (χ1) is 9.65. The number of nitrogens with one attached hydrogen (secondary N) is 1. The largest absolute Gasteiger partial charge is 0.379 e. The molecule has 112 valence electrons. The number of carbonyl (C=O) groups excluding carboxylic acids is 1. The van der Waals surface area contributed by atoms with Crippen LogP contribution in [-0.2, 0) is 16.1 Å².